The molecule has 1 spiro atoms. The van der Waals surface area contributed by atoms with Crippen LogP contribution in [0.1, 0.15) is 63.5 Å². The SMILES string of the molecule is Cc1nn(C)cc1C(=O)N1CCC2(CC1)Cc1c(c(C(=O)NC3CC3)nn1C)CO2. The van der Waals surface area contributed by atoms with Crippen LogP contribution in [0.4, 0.5) is 0 Å². The number of ether oxygens (including phenoxy) is 1. The van der Waals surface area contributed by atoms with Crippen molar-refractivity contribution in [2.45, 2.75) is 57.3 Å². The molecule has 5 rings (SSSR count). The molecule has 0 atom stereocenters. The summed E-state index contributed by atoms with van der Waals surface area (Å²) in [5, 5.41) is 11.8. The van der Waals surface area contributed by atoms with Crippen molar-refractivity contribution in [1.29, 1.82) is 0 Å². The first-order chi connectivity index (χ1) is 14.3. The number of carbonyl (C=O) groups excluding carboxylic acids is 2. The summed E-state index contributed by atoms with van der Waals surface area (Å²) >= 11 is 0. The van der Waals surface area contributed by atoms with Gasteiger partial charge in [0, 0.05) is 57.1 Å². The van der Waals surface area contributed by atoms with Crippen LogP contribution in [0.5, 0.6) is 0 Å². The number of rotatable bonds is 3. The molecule has 9 nitrogen and oxygen atoms in total. The van der Waals surface area contributed by atoms with E-state index in [0.29, 0.717) is 37.0 Å². The fourth-order valence-electron chi connectivity index (χ4n) is 4.64. The summed E-state index contributed by atoms with van der Waals surface area (Å²) in [5.41, 5.74) is 3.60. The van der Waals surface area contributed by atoms with E-state index < -0.39 is 0 Å². The van der Waals surface area contributed by atoms with Gasteiger partial charge < -0.3 is 15.0 Å². The summed E-state index contributed by atoms with van der Waals surface area (Å²) in [7, 11) is 3.73. The van der Waals surface area contributed by atoms with E-state index in [1.54, 1.807) is 10.9 Å². The largest absolute Gasteiger partial charge is 0.370 e. The smallest absolute Gasteiger partial charge is 0.272 e. The van der Waals surface area contributed by atoms with Crippen LogP contribution in [0.2, 0.25) is 0 Å². The molecular formula is C21H28N6O3. The minimum atomic E-state index is -0.300. The first-order valence-electron chi connectivity index (χ1n) is 10.6. The minimum Gasteiger partial charge on any atom is -0.370 e. The Balaban J connectivity index is 1.28. The summed E-state index contributed by atoms with van der Waals surface area (Å²) in [5.74, 6) is -0.0623. The van der Waals surface area contributed by atoms with Crippen molar-refractivity contribution < 1.29 is 14.3 Å². The third-order valence-corrected chi connectivity index (χ3v) is 6.62. The number of hydrogen-bond acceptors (Lipinski definition) is 5. The number of nitrogens with zero attached hydrogens (tertiary/aromatic N) is 5. The summed E-state index contributed by atoms with van der Waals surface area (Å²) in [6, 6.07) is 0.302. The van der Waals surface area contributed by atoms with Gasteiger partial charge in [0.25, 0.3) is 11.8 Å². The summed E-state index contributed by atoms with van der Waals surface area (Å²) in [4.78, 5) is 27.3. The van der Waals surface area contributed by atoms with Gasteiger partial charge in [0.15, 0.2) is 5.69 Å². The van der Waals surface area contributed by atoms with Crippen LogP contribution in [0.3, 0.4) is 0 Å². The standard InChI is InChI=1S/C21H28N6O3/c1-13-15(11-25(2)23-13)20(29)27-8-6-21(7-9-27)10-17-16(12-30-21)18(24-26(17)3)19(28)22-14-4-5-14/h11,14H,4-10,12H2,1-3H3,(H,22,28). The lowest BCUT2D eigenvalue weighted by molar-refractivity contribution is -0.0990. The Morgan fingerprint density at radius 3 is 2.57 bits per heavy atom. The molecule has 30 heavy (non-hydrogen) atoms. The number of likely N-dealkylation sites (tertiary alicyclic amines) is 1. The molecule has 1 saturated carbocycles. The van der Waals surface area contributed by atoms with Crippen LogP contribution in [-0.2, 0) is 31.9 Å². The van der Waals surface area contributed by atoms with Gasteiger partial charge in [-0.3, -0.25) is 19.0 Å². The maximum Gasteiger partial charge on any atom is 0.272 e. The van der Waals surface area contributed by atoms with Crippen molar-refractivity contribution >= 4 is 11.8 Å². The minimum absolute atomic E-state index is 0.0338. The molecule has 4 heterocycles. The predicted octanol–water partition coefficient (Wildman–Crippen LogP) is 1.10. The lowest BCUT2D eigenvalue weighted by Crippen LogP contribution is -2.50. The zero-order chi connectivity index (χ0) is 21.0. The monoisotopic (exact) mass is 412 g/mol. The van der Waals surface area contributed by atoms with Gasteiger partial charge in [-0.1, -0.05) is 0 Å². The van der Waals surface area contributed by atoms with Gasteiger partial charge in [0.05, 0.1) is 23.5 Å². The maximum absolute atomic E-state index is 12.9. The zero-order valence-corrected chi connectivity index (χ0v) is 17.8. The summed E-state index contributed by atoms with van der Waals surface area (Å²) in [6.45, 7) is 3.56. The predicted molar refractivity (Wildman–Crippen MR) is 108 cm³/mol. The summed E-state index contributed by atoms with van der Waals surface area (Å²) < 4.78 is 9.84. The van der Waals surface area contributed by atoms with Gasteiger partial charge in [0.1, 0.15) is 0 Å². The Bertz CT molecular complexity index is 1010. The molecule has 2 fully saturated rings. The van der Waals surface area contributed by atoms with E-state index in [4.69, 9.17) is 4.74 Å². The molecule has 2 aromatic heterocycles. The number of carbonyl (C=O) groups is 2. The lowest BCUT2D eigenvalue weighted by atomic mass is 9.83. The molecule has 1 aliphatic carbocycles. The Morgan fingerprint density at radius 1 is 1.20 bits per heavy atom. The van der Waals surface area contributed by atoms with Crippen molar-refractivity contribution in [1.82, 2.24) is 29.8 Å². The van der Waals surface area contributed by atoms with Crippen LogP contribution in [0.25, 0.3) is 0 Å². The first-order valence-corrected chi connectivity index (χ1v) is 10.6. The van der Waals surface area contributed by atoms with Crippen molar-refractivity contribution in [3.05, 3.63) is 34.4 Å². The van der Waals surface area contributed by atoms with Crippen LogP contribution in [-0.4, -0.2) is 61.0 Å². The van der Waals surface area contributed by atoms with E-state index >= 15 is 0 Å². The fraction of sp³-hybridized carbons (Fsp3) is 0.619. The van der Waals surface area contributed by atoms with Crippen LogP contribution in [0.15, 0.2) is 6.20 Å². The van der Waals surface area contributed by atoms with Gasteiger partial charge in [-0.2, -0.15) is 10.2 Å². The molecule has 0 unspecified atom stereocenters. The Hall–Kier alpha value is -2.68. The number of hydrogen-bond donors (Lipinski definition) is 1. The van der Waals surface area contributed by atoms with Gasteiger partial charge >= 0.3 is 0 Å². The highest BCUT2D eigenvalue weighted by molar-refractivity contribution is 5.95. The summed E-state index contributed by atoms with van der Waals surface area (Å²) in [6.07, 6.45) is 6.15. The van der Waals surface area contributed by atoms with Crippen LogP contribution >= 0.6 is 0 Å². The lowest BCUT2D eigenvalue weighted by Gasteiger charge is -2.43. The number of fused-ring (bicyclic) bond motifs is 1. The molecule has 0 radical (unpaired) electrons. The molecule has 2 amide bonds. The number of amides is 2. The van der Waals surface area contributed by atoms with Gasteiger partial charge in [-0.25, -0.2) is 0 Å². The second-order valence-electron chi connectivity index (χ2n) is 8.89. The van der Waals surface area contributed by atoms with Gasteiger partial charge in [0.2, 0.25) is 0 Å². The Kier molecular flexibility index (Phi) is 4.46. The molecule has 1 N–H and O–H groups in total. The second kappa shape index (κ2) is 6.94. The highest BCUT2D eigenvalue weighted by Gasteiger charge is 2.43. The highest BCUT2D eigenvalue weighted by Crippen LogP contribution is 2.37. The molecule has 2 aromatic rings. The number of piperidine rings is 1. The number of aromatic nitrogens is 4. The molecule has 2 aliphatic heterocycles. The highest BCUT2D eigenvalue weighted by atomic mass is 16.5. The number of nitrogens with one attached hydrogen (secondary N) is 1. The zero-order valence-electron chi connectivity index (χ0n) is 17.8. The third-order valence-electron chi connectivity index (χ3n) is 6.62. The molecule has 0 aromatic carbocycles. The number of aryl methyl sites for hydroxylation is 3. The first kappa shape index (κ1) is 19.3. The molecule has 0 bridgehead atoms. The van der Waals surface area contributed by atoms with E-state index in [0.717, 1.165) is 49.1 Å². The van der Waals surface area contributed by atoms with Gasteiger partial charge in [-0.15, -0.1) is 0 Å². The fourth-order valence-corrected chi connectivity index (χ4v) is 4.64. The molecule has 3 aliphatic rings. The van der Waals surface area contributed by atoms with Crippen LogP contribution < -0.4 is 5.32 Å². The molecule has 9 heteroatoms. The van der Waals surface area contributed by atoms with Crippen molar-refractivity contribution in [3.63, 3.8) is 0 Å². The quantitative estimate of drug-likeness (QED) is 0.815. The van der Waals surface area contributed by atoms with E-state index in [2.05, 4.69) is 15.5 Å². The Labute approximate surface area is 175 Å². The second-order valence-corrected chi connectivity index (χ2v) is 8.89. The normalized spacial score (nSPS) is 20.3. The topological polar surface area (TPSA) is 94.3 Å². The van der Waals surface area contributed by atoms with Crippen molar-refractivity contribution in [2.24, 2.45) is 14.1 Å². The van der Waals surface area contributed by atoms with Crippen LogP contribution in [0, 0.1) is 6.92 Å². The van der Waals surface area contributed by atoms with Gasteiger partial charge in [-0.05, 0) is 32.6 Å². The molecular weight excluding hydrogens is 384 g/mol. The van der Waals surface area contributed by atoms with E-state index in [-0.39, 0.29) is 17.4 Å². The van der Waals surface area contributed by atoms with E-state index in [1.807, 2.05) is 30.6 Å². The average Bonchev–Trinajstić information content (AvgIpc) is 3.39. The molecule has 1 saturated heterocycles. The average molecular weight is 412 g/mol. The van der Waals surface area contributed by atoms with E-state index in [1.165, 1.54) is 0 Å². The van der Waals surface area contributed by atoms with Crippen molar-refractivity contribution in [3.8, 4) is 0 Å². The third kappa shape index (κ3) is 3.30. The molecule has 160 valence electrons. The Morgan fingerprint density at radius 2 is 1.93 bits per heavy atom. The maximum atomic E-state index is 12.9. The van der Waals surface area contributed by atoms with E-state index in [9.17, 15) is 9.59 Å². The van der Waals surface area contributed by atoms with Crippen molar-refractivity contribution in [2.75, 3.05) is 13.1 Å².